The Morgan fingerprint density at radius 1 is 1.44 bits per heavy atom. The molecule has 1 aromatic heterocycles. The highest BCUT2D eigenvalue weighted by atomic mass is 32.2. The molecule has 1 atom stereocenters. The number of hydrogen-bond acceptors (Lipinski definition) is 6. The van der Waals surface area contributed by atoms with E-state index < -0.39 is 9.84 Å². The summed E-state index contributed by atoms with van der Waals surface area (Å²) in [5.41, 5.74) is 5.53. The summed E-state index contributed by atoms with van der Waals surface area (Å²) in [4.78, 5) is 11.7. The Bertz CT molecular complexity index is 541. The third-order valence-electron chi connectivity index (χ3n) is 2.80. The molecule has 1 aromatic rings. The number of nitrogens with zero attached hydrogens (tertiary/aromatic N) is 2. The third-order valence-corrected chi connectivity index (χ3v) is 4.63. The normalized spacial score (nSPS) is 21.7. The van der Waals surface area contributed by atoms with Crippen LogP contribution in [0.5, 0.6) is 0 Å². The standard InChI is InChI=1S/C10H14N4O3S/c11-9-2-1-8(13-14-9)10(15)12-5-7-3-4-18(16,17)6-7/h1-2,7H,3-6H2,(H2,11,14)(H,12,15). The van der Waals surface area contributed by atoms with Gasteiger partial charge in [0.05, 0.1) is 11.5 Å². The van der Waals surface area contributed by atoms with Crippen LogP contribution in [-0.2, 0) is 9.84 Å². The lowest BCUT2D eigenvalue weighted by Crippen LogP contribution is -2.30. The number of aromatic nitrogens is 2. The van der Waals surface area contributed by atoms with Crippen molar-refractivity contribution in [1.29, 1.82) is 0 Å². The third kappa shape index (κ3) is 3.16. The molecule has 1 unspecified atom stereocenters. The van der Waals surface area contributed by atoms with E-state index in [-0.39, 0.29) is 34.8 Å². The number of hydrogen-bond donors (Lipinski definition) is 2. The molecule has 0 saturated carbocycles. The monoisotopic (exact) mass is 270 g/mol. The second-order valence-corrected chi connectivity index (χ2v) is 6.55. The fraction of sp³-hybridized carbons (Fsp3) is 0.500. The highest BCUT2D eigenvalue weighted by molar-refractivity contribution is 7.91. The fourth-order valence-electron chi connectivity index (χ4n) is 1.82. The molecule has 1 aliphatic heterocycles. The first kappa shape index (κ1) is 12.7. The fourth-order valence-corrected chi connectivity index (χ4v) is 3.69. The first-order valence-electron chi connectivity index (χ1n) is 5.54. The number of nitrogen functional groups attached to an aromatic ring is 1. The zero-order chi connectivity index (χ0) is 13.2. The van der Waals surface area contributed by atoms with Crippen LogP contribution < -0.4 is 11.1 Å². The predicted octanol–water partition coefficient (Wildman–Crippen LogP) is -0.777. The van der Waals surface area contributed by atoms with Crippen LogP contribution in [0.4, 0.5) is 5.82 Å². The number of rotatable bonds is 3. The van der Waals surface area contributed by atoms with Gasteiger partial charge < -0.3 is 11.1 Å². The Kier molecular flexibility index (Phi) is 3.46. The quantitative estimate of drug-likeness (QED) is 0.744. The summed E-state index contributed by atoms with van der Waals surface area (Å²) in [5, 5.41) is 9.87. The molecular formula is C10H14N4O3S. The maximum Gasteiger partial charge on any atom is 0.271 e. The highest BCUT2D eigenvalue weighted by Crippen LogP contribution is 2.17. The maximum absolute atomic E-state index is 11.7. The van der Waals surface area contributed by atoms with Crippen molar-refractivity contribution in [3.05, 3.63) is 17.8 Å². The Hall–Kier alpha value is -1.70. The molecule has 0 spiro atoms. The van der Waals surface area contributed by atoms with Crippen molar-refractivity contribution in [3.63, 3.8) is 0 Å². The first-order valence-corrected chi connectivity index (χ1v) is 7.36. The van der Waals surface area contributed by atoms with Crippen molar-refractivity contribution >= 4 is 21.6 Å². The van der Waals surface area contributed by atoms with Gasteiger partial charge in [0, 0.05) is 6.54 Å². The summed E-state index contributed by atoms with van der Waals surface area (Å²) in [5.74, 6) is 0.205. The Morgan fingerprint density at radius 2 is 2.22 bits per heavy atom. The van der Waals surface area contributed by atoms with Gasteiger partial charge in [0.2, 0.25) is 0 Å². The van der Waals surface area contributed by atoms with Crippen LogP contribution in [0.1, 0.15) is 16.9 Å². The van der Waals surface area contributed by atoms with E-state index in [9.17, 15) is 13.2 Å². The lowest BCUT2D eigenvalue weighted by atomic mass is 10.1. The molecule has 1 saturated heterocycles. The van der Waals surface area contributed by atoms with Gasteiger partial charge in [0.25, 0.3) is 5.91 Å². The van der Waals surface area contributed by atoms with E-state index in [1.165, 1.54) is 12.1 Å². The molecule has 2 rings (SSSR count). The Labute approximate surface area is 105 Å². The van der Waals surface area contributed by atoms with Gasteiger partial charge in [-0.05, 0) is 24.5 Å². The molecule has 0 aliphatic carbocycles. The molecule has 0 aromatic carbocycles. The van der Waals surface area contributed by atoms with E-state index in [4.69, 9.17) is 5.73 Å². The number of sulfone groups is 1. The second-order valence-electron chi connectivity index (χ2n) is 4.32. The van der Waals surface area contributed by atoms with Gasteiger partial charge in [-0.15, -0.1) is 10.2 Å². The van der Waals surface area contributed by atoms with Crippen molar-refractivity contribution < 1.29 is 13.2 Å². The van der Waals surface area contributed by atoms with Crippen LogP contribution in [0, 0.1) is 5.92 Å². The van der Waals surface area contributed by atoms with E-state index >= 15 is 0 Å². The molecule has 3 N–H and O–H groups in total. The molecule has 0 radical (unpaired) electrons. The molecule has 2 heterocycles. The topological polar surface area (TPSA) is 115 Å². The lowest BCUT2D eigenvalue weighted by Gasteiger charge is -2.08. The predicted molar refractivity (Wildman–Crippen MR) is 65.5 cm³/mol. The first-order chi connectivity index (χ1) is 8.46. The van der Waals surface area contributed by atoms with E-state index in [2.05, 4.69) is 15.5 Å². The van der Waals surface area contributed by atoms with Gasteiger partial charge in [-0.2, -0.15) is 0 Å². The molecule has 18 heavy (non-hydrogen) atoms. The molecule has 1 fully saturated rings. The summed E-state index contributed by atoms with van der Waals surface area (Å²) < 4.78 is 22.5. The summed E-state index contributed by atoms with van der Waals surface area (Å²) in [7, 11) is -2.91. The van der Waals surface area contributed by atoms with Crippen molar-refractivity contribution in [2.75, 3.05) is 23.8 Å². The number of carbonyl (C=O) groups excluding carboxylic acids is 1. The smallest absolute Gasteiger partial charge is 0.271 e. The minimum absolute atomic E-state index is 0.0132. The summed E-state index contributed by atoms with van der Waals surface area (Å²) in [6, 6.07) is 2.96. The number of nitrogens with one attached hydrogen (secondary N) is 1. The second kappa shape index (κ2) is 4.89. The van der Waals surface area contributed by atoms with Crippen LogP contribution in [0.2, 0.25) is 0 Å². The van der Waals surface area contributed by atoms with Gasteiger partial charge >= 0.3 is 0 Å². The van der Waals surface area contributed by atoms with E-state index in [0.717, 1.165) is 0 Å². The van der Waals surface area contributed by atoms with Gasteiger partial charge in [-0.3, -0.25) is 4.79 Å². The molecule has 98 valence electrons. The average Bonchev–Trinajstić information content (AvgIpc) is 2.67. The number of anilines is 1. The van der Waals surface area contributed by atoms with Gasteiger partial charge in [0.15, 0.2) is 15.5 Å². The van der Waals surface area contributed by atoms with Crippen molar-refractivity contribution in [2.24, 2.45) is 5.92 Å². The van der Waals surface area contributed by atoms with Crippen LogP contribution in [0.3, 0.4) is 0 Å². The number of carbonyl (C=O) groups is 1. The average molecular weight is 270 g/mol. The van der Waals surface area contributed by atoms with E-state index in [1.54, 1.807) is 0 Å². The molecule has 8 heteroatoms. The summed E-state index contributed by atoms with van der Waals surface area (Å²) in [6.45, 7) is 0.337. The molecule has 1 aliphatic rings. The van der Waals surface area contributed by atoms with Gasteiger partial charge in [-0.1, -0.05) is 0 Å². The minimum atomic E-state index is -2.91. The van der Waals surface area contributed by atoms with Crippen LogP contribution in [0.25, 0.3) is 0 Å². The SMILES string of the molecule is Nc1ccc(C(=O)NCC2CCS(=O)(=O)C2)nn1. The van der Waals surface area contributed by atoms with Crippen LogP contribution in [0.15, 0.2) is 12.1 Å². The lowest BCUT2D eigenvalue weighted by molar-refractivity contribution is 0.0942. The highest BCUT2D eigenvalue weighted by Gasteiger charge is 2.28. The Morgan fingerprint density at radius 3 is 2.78 bits per heavy atom. The van der Waals surface area contributed by atoms with E-state index in [0.29, 0.717) is 13.0 Å². The minimum Gasteiger partial charge on any atom is -0.382 e. The zero-order valence-corrected chi connectivity index (χ0v) is 10.5. The van der Waals surface area contributed by atoms with Gasteiger partial charge in [0.1, 0.15) is 5.82 Å². The van der Waals surface area contributed by atoms with Crippen molar-refractivity contribution in [1.82, 2.24) is 15.5 Å². The summed E-state index contributed by atoms with van der Waals surface area (Å²) in [6.07, 6.45) is 0.593. The van der Waals surface area contributed by atoms with Gasteiger partial charge in [-0.25, -0.2) is 8.42 Å². The van der Waals surface area contributed by atoms with Crippen LogP contribution in [-0.4, -0.2) is 42.6 Å². The Balaban J connectivity index is 1.87. The maximum atomic E-state index is 11.7. The molecular weight excluding hydrogens is 256 g/mol. The summed E-state index contributed by atoms with van der Waals surface area (Å²) >= 11 is 0. The van der Waals surface area contributed by atoms with E-state index in [1.807, 2.05) is 0 Å². The molecule has 1 amide bonds. The number of amides is 1. The van der Waals surface area contributed by atoms with Crippen molar-refractivity contribution in [2.45, 2.75) is 6.42 Å². The largest absolute Gasteiger partial charge is 0.382 e. The van der Waals surface area contributed by atoms with Crippen molar-refractivity contribution in [3.8, 4) is 0 Å². The van der Waals surface area contributed by atoms with Crippen LogP contribution >= 0.6 is 0 Å². The molecule has 7 nitrogen and oxygen atoms in total. The zero-order valence-electron chi connectivity index (χ0n) is 9.67. The molecule has 0 bridgehead atoms. The number of nitrogens with two attached hydrogens (primary N) is 1.